The number of aliphatic carboxylic acids is 1. The number of nitrogen functional groups attached to an aromatic ring is 1. The molecule has 3 heterocycles. The van der Waals surface area contributed by atoms with E-state index in [0.29, 0.717) is 0 Å². The van der Waals surface area contributed by atoms with E-state index >= 15 is 0 Å². The molecule has 2 amide bonds. The fraction of sp³-hybridized carbons (Fsp3) is 0.308. The Labute approximate surface area is 160 Å². The summed E-state index contributed by atoms with van der Waals surface area (Å²) < 4.78 is 0. The number of hydrogen-bond donors (Lipinski definition) is 3. The van der Waals surface area contributed by atoms with Gasteiger partial charge in [-0.2, -0.15) is 0 Å². The average Bonchev–Trinajstić information content (AvgIpc) is 3.02. The summed E-state index contributed by atoms with van der Waals surface area (Å²) in [6.07, 6.45) is 0. The second-order valence-corrected chi connectivity index (χ2v) is 7.56. The lowest BCUT2D eigenvalue weighted by Crippen LogP contribution is -2.71. The number of β-lactam (4-membered cyclic amide) rings is 1. The summed E-state index contributed by atoms with van der Waals surface area (Å²) in [5, 5.41) is 16.7. The van der Waals surface area contributed by atoms with Crippen molar-refractivity contribution in [3.05, 3.63) is 21.8 Å². The van der Waals surface area contributed by atoms with Crippen LogP contribution in [0.25, 0.3) is 0 Å². The molecule has 1 fully saturated rings. The van der Waals surface area contributed by atoms with Crippen molar-refractivity contribution in [3.8, 4) is 0 Å². The molecular formula is C13H12ClN5O5S2. The molecule has 138 valence electrons. The van der Waals surface area contributed by atoms with Crippen molar-refractivity contribution < 1.29 is 24.3 Å². The first kappa shape index (κ1) is 18.5. The highest BCUT2D eigenvalue weighted by Crippen LogP contribution is 2.41. The van der Waals surface area contributed by atoms with Gasteiger partial charge in [-0.05, 0) is 0 Å². The van der Waals surface area contributed by atoms with Crippen LogP contribution in [0.5, 0.6) is 0 Å². The van der Waals surface area contributed by atoms with Gasteiger partial charge in [-0.3, -0.25) is 14.5 Å². The average molecular weight is 418 g/mol. The van der Waals surface area contributed by atoms with Gasteiger partial charge >= 0.3 is 5.97 Å². The number of amides is 2. The predicted octanol–water partition coefficient (Wildman–Crippen LogP) is 0.0107. The van der Waals surface area contributed by atoms with Gasteiger partial charge in [0.15, 0.2) is 10.8 Å². The predicted molar refractivity (Wildman–Crippen MR) is 95.6 cm³/mol. The summed E-state index contributed by atoms with van der Waals surface area (Å²) in [6, 6.07) is -0.912. The summed E-state index contributed by atoms with van der Waals surface area (Å²) in [4.78, 5) is 45.9. The van der Waals surface area contributed by atoms with E-state index in [1.807, 2.05) is 0 Å². The molecule has 1 aromatic heterocycles. The minimum atomic E-state index is -1.29. The Morgan fingerprint density at radius 1 is 1.58 bits per heavy atom. The first-order valence-electron chi connectivity index (χ1n) is 7.05. The molecule has 26 heavy (non-hydrogen) atoms. The molecule has 2 atom stereocenters. The van der Waals surface area contributed by atoms with Gasteiger partial charge in [0.05, 0.1) is 5.03 Å². The first-order valence-corrected chi connectivity index (χ1v) is 9.35. The maximum Gasteiger partial charge on any atom is 0.353 e. The number of oxime groups is 1. The highest BCUT2D eigenvalue weighted by molar-refractivity contribution is 8.00. The van der Waals surface area contributed by atoms with Crippen molar-refractivity contribution in [3.63, 3.8) is 0 Å². The molecule has 0 aliphatic carbocycles. The maximum absolute atomic E-state index is 12.5. The molecule has 3 rings (SSSR count). The molecule has 2 aliphatic rings. The molecular weight excluding hydrogens is 406 g/mol. The molecule has 2 aliphatic heterocycles. The first-order chi connectivity index (χ1) is 12.3. The summed E-state index contributed by atoms with van der Waals surface area (Å²) in [6.45, 7) is 0. The Balaban J connectivity index is 1.78. The number of carbonyl (C=O) groups is 3. The Bertz CT molecular complexity index is 854. The van der Waals surface area contributed by atoms with Gasteiger partial charge in [-0.15, -0.1) is 23.1 Å². The number of fused-ring (bicyclic) bond motifs is 1. The second kappa shape index (κ2) is 7.13. The van der Waals surface area contributed by atoms with Crippen molar-refractivity contribution in [2.45, 2.75) is 11.4 Å². The number of thioether (sulfide) groups is 1. The molecule has 1 saturated heterocycles. The van der Waals surface area contributed by atoms with Gasteiger partial charge in [0, 0.05) is 11.1 Å². The fourth-order valence-electron chi connectivity index (χ4n) is 2.48. The molecule has 0 bridgehead atoms. The quantitative estimate of drug-likeness (QED) is 0.345. The monoisotopic (exact) mass is 417 g/mol. The lowest BCUT2D eigenvalue weighted by Gasteiger charge is -2.48. The fourth-order valence-corrected chi connectivity index (χ4v) is 4.58. The summed E-state index contributed by atoms with van der Waals surface area (Å²) in [7, 11) is 1.27. The van der Waals surface area contributed by atoms with Gasteiger partial charge in [0.25, 0.3) is 11.8 Å². The van der Waals surface area contributed by atoms with Crippen LogP contribution in [-0.4, -0.2) is 62.8 Å². The van der Waals surface area contributed by atoms with Crippen LogP contribution in [-0.2, 0) is 19.2 Å². The minimum Gasteiger partial charge on any atom is -0.477 e. The van der Waals surface area contributed by atoms with Crippen LogP contribution < -0.4 is 11.1 Å². The van der Waals surface area contributed by atoms with Gasteiger partial charge in [-0.25, -0.2) is 9.78 Å². The highest BCUT2D eigenvalue weighted by Gasteiger charge is 2.54. The van der Waals surface area contributed by atoms with E-state index in [1.165, 1.54) is 24.3 Å². The SMILES string of the molecule is CON=C(C(=O)NC1C(=O)N2C(C(=O)O)=C(Cl)CS[C@@H]12)c1csc(N)n1. The Hall–Kier alpha value is -2.31. The molecule has 10 nitrogen and oxygen atoms in total. The van der Waals surface area contributed by atoms with Crippen LogP contribution in [0.1, 0.15) is 5.69 Å². The zero-order chi connectivity index (χ0) is 19.0. The van der Waals surface area contributed by atoms with Gasteiger partial charge in [0.2, 0.25) is 0 Å². The zero-order valence-corrected chi connectivity index (χ0v) is 15.5. The molecule has 0 aromatic carbocycles. The third-order valence-electron chi connectivity index (χ3n) is 3.57. The van der Waals surface area contributed by atoms with E-state index in [2.05, 4.69) is 20.3 Å². The number of rotatable bonds is 5. The number of carbonyl (C=O) groups excluding carboxylic acids is 2. The Kier molecular flexibility index (Phi) is 5.07. The van der Waals surface area contributed by atoms with E-state index in [1.54, 1.807) is 0 Å². The minimum absolute atomic E-state index is 0.0801. The van der Waals surface area contributed by atoms with E-state index in [-0.39, 0.29) is 33.0 Å². The lowest BCUT2D eigenvalue weighted by atomic mass is 10.0. The largest absolute Gasteiger partial charge is 0.477 e. The van der Waals surface area contributed by atoms with Crippen LogP contribution >= 0.6 is 34.7 Å². The number of nitrogens with zero attached hydrogens (tertiary/aromatic N) is 3. The zero-order valence-electron chi connectivity index (χ0n) is 13.1. The van der Waals surface area contributed by atoms with Gasteiger partial charge in [0.1, 0.15) is 29.9 Å². The van der Waals surface area contributed by atoms with E-state index in [0.717, 1.165) is 16.2 Å². The smallest absolute Gasteiger partial charge is 0.353 e. The topological polar surface area (TPSA) is 147 Å². The number of aromatic nitrogens is 1. The molecule has 13 heteroatoms. The molecule has 1 aromatic rings. The maximum atomic E-state index is 12.5. The van der Waals surface area contributed by atoms with Crippen molar-refractivity contribution in [2.75, 3.05) is 18.6 Å². The van der Waals surface area contributed by atoms with Crippen LogP contribution in [0.4, 0.5) is 5.13 Å². The van der Waals surface area contributed by atoms with E-state index in [4.69, 9.17) is 17.3 Å². The highest BCUT2D eigenvalue weighted by atomic mass is 35.5. The number of nitrogens with one attached hydrogen (secondary N) is 1. The number of hydrogen-bond acceptors (Lipinski definition) is 9. The van der Waals surface area contributed by atoms with Gasteiger partial charge < -0.3 is 21.0 Å². The Morgan fingerprint density at radius 3 is 2.88 bits per heavy atom. The number of carboxylic acids is 1. The molecule has 1 unspecified atom stereocenters. The summed E-state index contributed by atoms with van der Waals surface area (Å²) in [5.41, 5.74) is 5.37. The summed E-state index contributed by atoms with van der Waals surface area (Å²) in [5.74, 6) is -2.32. The number of thiazole rings is 1. The number of halogens is 1. The van der Waals surface area contributed by atoms with Crippen molar-refractivity contribution >= 4 is 63.3 Å². The van der Waals surface area contributed by atoms with Gasteiger partial charge in [-0.1, -0.05) is 16.8 Å². The second-order valence-electron chi connectivity index (χ2n) is 5.11. The van der Waals surface area contributed by atoms with Crippen molar-refractivity contribution in [1.29, 1.82) is 0 Å². The van der Waals surface area contributed by atoms with Crippen LogP contribution in [0.2, 0.25) is 0 Å². The molecule has 0 radical (unpaired) electrons. The Morgan fingerprint density at radius 2 is 2.31 bits per heavy atom. The van der Waals surface area contributed by atoms with E-state index in [9.17, 15) is 19.5 Å². The third-order valence-corrected chi connectivity index (χ3v) is 6.00. The van der Waals surface area contributed by atoms with Crippen LogP contribution in [0, 0.1) is 0 Å². The summed E-state index contributed by atoms with van der Waals surface area (Å²) >= 11 is 8.28. The van der Waals surface area contributed by atoms with Crippen molar-refractivity contribution in [1.82, 2.24) is 15.2 Å². The molecule has 4 N–H and O–H groups in total. The lowest BCUT2D eigenvalue weighted by molar-refractivity contribution is -0.150. The van der Waals surface area contributed by atoms with Crippen molar-refractivity contribution in [2.24, 2.45) is 5.16 Å². The van der Waals surface area contributed by atoms with Crippen LogP contribution in [0.3, 0.4) is 0 Å². The standard InChI is InChI=1S/C13H12ClN5O5S2/c1-24-18-6(5-3-26-13(15)16-5)9(20)17-7-10(21)19-8(12(22)23)4(14)2-25-11(7)19/h3,7,11H,2H2,1H3,(H2,15,16)(H,17,20)(H,22,23)/t7?,11-/m0/s1. The van der Waals surface area contributed by atoms with Crippen LogP contribution in [0.15, 0.2) is 21.3 Å². The van der Waals surface area contributed by atoms with E-state index < -0.39 is 29.2 Å². The number of carboxylic acid groups (broad SMARTS) is 1. The molecule has 0 spiro atoms. The normalized spacial score (nSPS) is 22.6. The molecule has 0 saturated carbocycles. The number of nitrogens with two attached hydrogens (primary N) is 1. The number of anilines is 1. The third kappa shape index (κ3) is 3.10.